The summed E-state index contributed by atoms with van der Waals surface area (Å²) in [7, 11) is 0. The van der Waals surface area contributed by atoms with Gasteiger partial charge in [-0.15, -0.1) is 12.6 Å². The van der Waals surface area contributed by atoms with E-state index >= 15 is 0 Å². The molecule has 0 fully saturated rings. The van der Waals surface area contributed by atoms with Gasteiger partial charge < -0.3 is 9.52 Å². The lowest BCUT2D eigenvalue weighted by molar-refractivity contribution is 0.473. The summed E-state index contributed by atoms with van der Waals surface area (Å²) in [6.07, 6.45) is 0. The molecule has 2 aromatic carbocycles. The fourth-order valence-electron chi connectivity index (χ4n) is 2.34. The second-order valence-corrected chi connectivity index (χ2v) is 5.07. The van der Waals surface area contributed by atoms with E-state index in [0.29, 0.717) is 11.1 Å². The summed E-state index contributed by atoms with van der Waals surface area (Å²) < 4.78 is 5.31. The molecule has 0 amide bonds. The third-order valence-corrected chi connectivity index (χ3v) is 3.71. The third kappa shape index (κ3) is 1.98. The van der Waals surface area contributed by atoms with E-state index in [2.05, 4.69) is 12.6 Å². The standard InChI is InChI=1S/C16H12O3S/c1-9-11-7-6-10(17)8-13(11)19-16(18)15(9)12-4-2-3-5-14(12)20/h2-8,17,20H,1H3. The van der Waals surface area contributed by atoms with Gasteiger partial charge in [-0.3, -0.25) is 0 Å². The van der Waals surface area contributed by atoms with E-state index in [0.717, 1.165) is 21.4 Å². The maximum atomic E-state index is 12.2. The van der Waals surface area contributed by atoms with Gasteiger partial charge in [0.2, 0.25) is 0 Å². The van der Waals surface area contributed by atoms with Crippen LogP contribution in [0.25, 0.3) is 22.1 Å². The molecule has 4 heteroatoms. The van der Waals surface area contributed by atoms with Crippen molar-refractivity contribution in [1.29, 1.82) is 0 Å². The summed E-state index contributed by atoms with van der Waals surface area (Å²) in [4.78, 5) is 13.0. The van der Waals surface area contributed by atoms with Crippen molar-refractivity contribution in [3.05, 3.63) is 58.4 Å². The second-order valence-electron chi connectivity index (χ2n) is 4.59. The summed E-state index contributed by atoms with van der Waals surface area (Å²) in [6.45, 7) is 1.87. The topological polar surface area (TPSA) is 50.4 Å². The van der Waals surface area contributed by atoms with E-state index < -0.39 is 5.63 Å². The number of phenolic OH excluding ortho intramolecular Hbond substituents is 1. The maximum Gasteiger partial charge on any atom is 0.344 e. The fraction of sp³-hybridized carbons (Fsp3) is 0.0625. The quantitative estimate of drug-likeness (QED) is 0.528. The molecule has 3 aromatic rings. The number of thiol groups is 1. The Balaban J connectivity index is 2.41. The largest absolute Gasteiger partial charge is 0.508 e. The van der Waals surface area contributed by atoms with Crippen molar-refractivity contribution in [3.8, 4) is 16.9 Å². The van der Waals surface area contributed by atoms with Crippen LogP contribution in [0.15, 0.2) is 56.6 Å². The molecule has 0 unspecified atom stereocenters. The van der Waals surface area contributed by atoms with Gasteiger partial charge in [-0.2, -0.15) is 0 Å². The van der Waals surface area contributed by atoms with E-state index in [4.69, 9.17) is 4.42 Å². The lowest BCUT2D eigenvalue weighted by Crippen LogP contribution is -2.06. The zero-order valence-electron chi connectivity index (χ0n) is 10.8. The molecule has 1 heterocycles. The summed E-state index contributed by atoms with van der Waals surface area (Å²) >= 11 is 4.39. The van der Waals surface area contributed by atoms with E-state index in [9.17, 15) is 9.90 Å². The molecule has 0 aliphatic heterocycles. The molecule has 0 spiro atoms. The Morgan fingerprint density at radius 2 is 1.90 bits per heavy atom. The monoisotopic (exact) mass is 284 g/mol. The van der Waals surface area contributed by atoms with E-state index in [1.54, 1.807) is 12.1 Å². The van der Waals surface area contributed by atoms with E-state index in [1.165, 1.54) is 6.07 Å². The molecule has 0 aliphatic rings. The molecule has 0 atom stereocenters. The van der Waals surface area contributed by atoms with Crippen molar-refractivity contribution >= 4 is 23.6 Å². The number of hydrogen-bond donors (Lipinski definition) is 2. The van der Waals surface area contributed by atoms with E-state index in [1.807, 2.05) is 31.2 Å². The predicted molar refractivity (Wildman–Crippen MR) is 81.6 cm³/mol. The van der Waals surface area contributed by atoms with Crippen LogP contribution in [0.2, 0.25) is 0 Å². The average Bonchev–Trinajstić information content (AvgIpc) is 2.40. The number of fused-ring (bicyclic) bond motifs is 1. The van der Waals surface area contributed by atoms with Crippen LogP contribution >= 0.6 is 12.6 Å². The molecule has 1 aromatic heterocycles. The first-order chi connectivity index (χ1) is 9.58. The van der Waals surface area contributed by atoms with Crippen LogP contribution in [0.4, 0.5) is 0 Å². The summed E-state index contributed by atoms with van der Waals surface area (Å²) in [5.74, 6) is 0.0717. The highest BCUT2D eigenvalue weighted by molar-refractivity contribution is 7.80. The minimum atomic E-state index is -0.429. The average molecular weight is 284 g/mol. The van der Waals surface area contributed by atoms with Crippen LogP contribution in [0.1, 0.15) is 5.56 Å². The maximum absolute atomic E-state index is 12.2. The van der Waals surface area contributed by atoms with Crippen molar-refractivity contribution in [1.82, 2.24) is 0 Å². The van der Waals surface area contributed by atoms with Crippen molar-refractivity contribution in [2.24, 2.45) is 0 Å². The fourth-order valence-corrected chi connectivity index (χ4v) is 2.61. The second kappa shape index (κ2) is 4.72. The van der Waals surface area contributed by atoms with Gasteiger partial charge in [0.05, 0.1) is 5.56 Å². The van der Waals surface area contributed by atoms with Crippen LogP contribution in [0, 0.1) is 6.92 Å². The molecule has 0 bridgehead atoms. The van der Waals surface area contributed by atoms with Crippen molar-refractivity contribution < 1.29 is 9.52 Å². The van der Waals surface area contributed by atoms with Gasteiger partial charge >= 0.3 is 5.63 Å². The SMILES string of the molecule is Cc1c(-c2ccccc2S)c(=O)oc2cc(O)ccc12. The van der Waals surface area contributed by atoms with Gasteiger partial charge in [0, 0.05) is 21.9 Å². The highest BCUT2D eigenvalue weighted by Crippen LogP contribution is 2.31. The van der Waals surface area contributed by atoms with Gasteiger partial charge in [0.1, 0.15) is 11.3 Å². The van der Waals surface area contributed by atoms with Crippen molar-refractivity contribution in [3.63, 3.8) is 0 Å². The van der Waals surface area contributed by atoms with Crippen LogP contribution in [-0.2, 0) is 0 Å². The van der Waals surface area contributed by atoms with Gasteiger partial charge in [0.25, 0.3) is 0 Å². The number of aryl methyl sites for hydroxylation is 1. The molecular weight excluding hydrogens is 272 g/mol. The first-order valence-corrected chi connectivity index (χ1v) is 6.57. The first-order valence-electron chi connectivity index (χ1n) is 6.12. The Labute approximate surface area is 120 Å². The summed E-state index contributed by atoms with van der Waals surface area (Å²) in [5.41, 5.74) is 2.03. The Bertz CT molecular complexity index is 865. The number of hydrogen-bond acceptors (Lipinski definition) is 4. The zero-order chi connectivity index (χ0) is 14.3. The van der Waals surface area contributed by atoms with Crippen molar-refractivity contribution in [2.45, 2.75) is 11.8 Å². The molecule has 20 heavy (non-hydrogen) atoms. The Kier molecular flexibility index (Phi) is 3.03. The predicted octanol–water partition coefficient (Wildman–Crippen LogP) is 3.76. The number of benzene rings is 2. The highest BCUT2D eigenvalue weighted by atomic mass is 32.1. The molecule has 3 nitrogen and oxygen atoms in total. The Hall–Kier alpha value is -2.20. The highest BCUT2D eigenvalue weighted by Gasteiger charge is 2.15. The zero-order valence-corrected chi connectivity index (χ0v) is 11.6. The first kappa shape index (κ1) is 12.8. The minimum Gasteiger partial charge on any atom is -0.508 e. The smallest absolute Gasteiger partial charge is 0.344 e. The normalized spacial score (nSPS) is 10.9. The molecule has 100 valence electrons. The van der Waals surface area contributed by atoms with Crippen LogP contribution < -0.4 is 5.63 Å². The van der Waals surface area contributed by atoms with Crippen LogP contribution in [0.3, 0.4) is 0 Å². The summed E-state index contributed by atoms with van der Waals surface area (Å²) in [5, 5.41) is 10.3. The lowest BCUT2D eigenvalue weighted by atomic mass is 9.99. The number of aromatic hydroxyl groups is 1. The lowest BCUT2D eigenvalue weighted by Gasteiger charge is -2.09. The van der Waals surface area contributed by atoms with Crippen LogP contribution in [0.5, 0.6) is 5.75 Å². The molecule has 3 rings (SSSR count). The Morgan fingerprint density at radius 1 is 1.15 bits per heavy atom. The third-order valence-electron chi connectivity index (χ3n) is 3.32. The molecule has 0 radical (unpaired) electrons. The molecule has 0 saturated heterocycles. The van der Waals surface area contributed by atoms with Gasteiger partial charge in [-0.05, 0) is 30.7 Å². The molecular formula is C16H12O3S. The minimum absolute atomic E-state index is 0.0717. The molecule has 0 aliphatic carbocycles. The molecule has 0 saturated carbocycles. The number of phenols is 1. The van der Waals surface area contributed by atoms with Crippen LogP contribution in [-0.4, -0.2) is 5.11 Å². The van der Waals surface area contributed by atoms with Crippen molar-refractivity contribution in [2.75, 3.05) is 0 Å². The number of rotatable bonds is 1. The Morgan fingerprint density at radius 3 is 2.65 bits per heavy atom. The molecule has 1 N–H and O–H groups in total. The van der Waals surface area contributed by atoms with E-state index in [-0.39, 0.29) is 5.75 Å². The summed E-state index contributed by atoms with van der Waals surface area (Å²) in [6, 6.07) is 12.2. The van der Waals surface area contributed by atoms with Gasteiger partial charge in [0.15, 0.2) is 0 Å². The van der Waals surface area contributed by atoms with Gasteiger partial charge in [-0.25, -0.2) is 4.79 Å². The van der Waals surface area contributed by atoms with Gasteiger partial charge in [-0.1, -0.05) is 18.2 Å².